The van der Waals surface area contributed by atoms with Gasteiger partial charge in [-0.3, -0.25) is 14.4 Å². The van der Waals surface area contributed by atoms with E-state index in [-0.39, 0.29) is 24.7 Å². The van der Waals surface area contributed by atoms with Gasteiger partial charge in [-0.2, -0.15) is 0 Å². The Bertz CT molecular complexity index is 1230. The topological polar surface area (TPSA) is 160 Å². The number of carbonyl (C=O) groups is 4. The molecule has 0 heterocycles. The number of hydrogen-bond acceptors (Lipinski definition) is 6. The van der Waals surface area contributed by atoms with E-state index in [9.17, 15) is 24.3 Å². The van der Waals surface area contributed by atoms with Crippen LogP contribution in [0, 0.1) is 17.8 Å². The molecule has 0 aliphatic carbocycles. The van der Waals surface area contributed by atoms with Gasteiger partial charge in [-0.15, -0.1) is 0 Å². The highest BCUT2D eigenvalue weighted by atomic mass is 16.6. The highest BCUT2D eigenvalue weighted by Crippen LogP contribution is 2.20. The minimum atomic E-state index is -1.13. The maximum absolute atomic E-state index is 13.9. The van der Waals surface area contributed by atoms with Gasteiger partial charge < -0.3 is 31.5 Å². The van der Waals surface area contributed by atoms with Crippen LogP contribution in [0.5, 0.6) is 0 Å². The van der Waals surface area contributed by atoms with Gasteiger partial charge in [-0.1, -0.05) is 94.8 Å². The summed E-state index contributed by atoms with van der Waals surface area (Å²) in [5.41, 5.74) is 6.60. The Hall–Kier alpha value is -3.92. The lowest BCUT2D eigenvalue weighted by molar-refractivity contribution is -0.134. The van der Waals surface area contributed by atoms with Crippen molar-refractivity contribution in [2.45, 2.75) is 104 Å². The molecule has 0 saturated carbocycles. The molecule has 6 N–H and O–H groups in total. The molecule has 2 aromatic carbocycles. The van der Waals surface area contributed by atoms with Crippen LogP contribution in [0.15, 0.2) is 60.7 Å². The van der Waals surface area contributed by atoms with E-state index in [1.165, 1.54) is 0 Å². The first-order chi connectivity index (χ1) is 21.1. The van der Waals surface area contributed by atoms with Crippen molar-refractivity contribution in [1.29, 1.82) is 0 Å². The van der Waals surface area contributed by atoms with Crippen molar-refractivity contribution in [3.05, 3.63) is 71.8 Å². The van der Waals surface area contributed by atoms with Crippen LogP contribution >= 0.6 is 0 Å². The summed E-state index contributed by atoms with van der Waals surface area (Å²) in [5, 5.41) is 20.0. The second-order valence-electron chi connectivity index (χ2n) is 13.1. The van der Waals surface area contributed by atoms with E-state index in [0.717, 1.165) is 11.1 Å². The number of ether oxygens (including phenoxy) is 1. The van der Waals surface area contributed by atoms with E-state index < -0.39 is 59.6 Å². The summed E-state index contributed by atoms with van der Waals surface area (Å²) in [6.07, 6.45) is -0.580. The molecule has 0 spiro atoms. The average Bonchev–Trinajstić information content (AvgIpc) is 2.97. The van der Waals surface area contributed by atoms with Crippen LogP contribution < -0.4 is 21.7 Å². The number of carbonyl (C=O) groups excluding carboxylic acids is 4. The lowest BCUT2D eigenvalue weighted by Gasteiger charge is -2.30. The molecule has 4 amide bonds. The molecule has 2 aromatic rings. The monoisotopic (exact) mass is 624 g/mol. The predicted molar refractivity (Wildman–Crippen MR) is 175 cm³/mol. The number of rotatable bonds is 16. The van der Waals surface area contributed by atoms with Crippen LogP contribution in [0.2, 0.25) is 0 Å². The first-order valence-corrected chi connectivity index (χ1v) is 15.8. The van der Waals surface area contributed by atoms with Crippen molar-refractivity contribution in [3.8, 4) is 0 Å². The zero-order valence-corrected chi connectivity index (χ0v) is 27.7. The van der Waals surface area contributed by atoms with E-state index in [0.29, 0.717) is 12.8 Å². The van der Waals surface area contributed by atoms with Gasteiger partial charge >= 0.3 is 6.09 Å². The number of alkyl carbamates (subject to hydrolysis) is 1. The molecule has 0 aliphatic rings. The number of nitrogens with one attached hydrogen (secondary N) is 3. The quantitative estimate of drug-likeness (QED) is 0.191. The average molecular weight is 625 g/mol. The lowest BCUT2D eigenvalue weighted by Crippen LogP contribution is -2.57. The van der Waals surface area contributed by atoms with E-state index in [1.54, 1.807) is 34.6 Å². The smallest absolute Gasteiger partial charge is 0.407 e. The molecule has 2 rings (SSSR count). The Balaban J connectivity index is 2.34. The van der Waals surface area contributed by atoms with Crippen molar-refractivity contribution >= 4 is 23.8 Å². The molecule has 6 atom stereocenters. The number of aliphatic hydroxyl groups is 1. The maximum atomic E-state index is 13.9. The molecule has 10 heteroatoms. The number of hydrogen-bond donors (Lipinski definition) is 5. The van der Waals surface area contributed by atoms with Gasteiger partial charge in [0.15, 0.2) is 0 Å². The molecule has 45 heavy (non-hydrogen) atoms. The normalized spacial score (nSPS) is 15.6. The summed E-state index contributed by atoms with van der Waals surface area (Å²) >= 11 is 0. The summed E-state index contributed by atoms with van der Waals surface area (Å²) in [6, 6.07) is 16.2. The SMILES string of the molecule is CCC(C)[C@H](NC(=O)[C@@H](NC(=O)[C@@H](Cc1ccccc1)C[C@@H](O)[C@H](Cc1ccccc1)NC(=O)OC(C)(C)C)C(C)C)C(N)=O. The van der Waals surface area contributed by atoms with Gasteiger partial charge in [0.1, 0.15) is 17.7 Å². The zero-order valence-electron chi connectivity index (χ0n) is 27.7. The molecule has 0 saturated heterocycles. The van der Waals surface area contributed by atoms with Crippen molar-refractivity contribution < 1.29 is 29.0 Å². The number of nitrogens with two attached hydrogens (primary N) is 1. The molecule has 0 aliphatic heterocycles. The predicted octanol–water partition coefficient (Wildman–Crippen LogP) is 3.89. The Morgan fingerprint density at radius 1 is 0.800 bits per heavy atom. The standard InChI is InChI=1S/C35H52N4O6/c1-8-23(4)30(31(36)41)39-33(43)29(22(2)3)38-32(42)26(19-24-15-11-9-12-16-24)21-28(40)27(20-25-17-13-10-14-18-25)37-34(44)45-35(5,6)7/h9-18,22-23,26-30,40H,8,19-21H2,1-7H3,(H2,36,41)(H,37,44)(H,38,42)(H,39,43)/t23?,26-,27-,28+,29-,30-/m0/s1. The summed E-state index contributed by atoms with van der Waals surface area (Å²) in [5.74, 6) is -2.82. The highest BCUT2D eigenvalue weighted by Gasteiger charge is 2.34. The van der Waals surface area contributed by atoms with E-state index >= 15 is 0 Å². The molecular formula is C35H52N4O6. The Morgan fingerprint density at radius 2 is 1.31 bits per heavy atom. The van der Waals surface area contributed by atoms with Crippen LogP contribution in [-0.2, 0) is 32.0 Å². The summed E-state index contributed by atoms with van der Waals surface area (Å²) < 4.78 is 5.46. The molecule has 0 bridgehead atoms. The van der Waals surface area contributed by atoms with Gasteiger partial charge in [0.2, 0.25) is 17.7 Å². The largest absolute Gasteiger partial charge is 0.444 e. The van der Waals surface area contributed by atoms with Crippen molar-refractivity contribution in [3.63, 3.8) is 0 Å². The second-order valence-corrected chi connectivity index (χ2v) is 13.1. The van der Waals surface area contributed by atoms with Gasteiger partial charge in [0.25, 0.3) is 0 Å². The van der Waals surface area contributed by atoms with Crippen LogP contribution in [-0.4, -0.2) is 58.8 Å². The van der Waals surface area contributed by atoms with E-state index in [2.05, 4.69) is 16.0 Å². The summed E-state index contributed by atoms with van der Waals surface area (Å²) in [7, 11) is 0. The van der Waals surface area contributed by atoms with Gasteiger partial charge in [-0.05, 0) is 63.0 Å². The third-order valence-electron chi connectivity index (χ3n) is 7.75. The molecule has 1 unspecified atom stereocenters. The van der Waals surface area contributed by atoms with Crippen LogP contribution in [0.25, 0.3) is 0 Å². The van der Waals surface area contributed by atoms with Crippen molar-refractivity contribution in [1.82, 2.24) is 16.0 Å². The minimum absolute atomic E-state index is 0.00274. The number of aliphatic hydroxyl groups excluding tert-OH is 1. The highest BCUT2D eigenvalue weighted by molar-refractivity contribution is 5.92. The first-order valence-electron chi connectivity index (χ1n) is 15.8. The number of primary amides is 1. The fourth-order valence-electron chi connectivity index (χ4n) is 5.03. The third kappa shape index (κ3) is 12.9. The van der Waals surface area contributed by atoms with E-state index in [1.807, 2.05) is 74.5 Å². The van der Waals surface area contributed by atoms with Crippen LogP contribution in [0.4, 0.5) is 4.79 Å². The van der Waals surface area contributed by atoms with Crippen LogP contribution in [0.3, 0.4) is 0 Å². The minimum Gasteiger partial charge on any atom is -0.444 e. The fourth-order valence-corrected chi connectivity index (χ4v) is 5.03. The maximum Gasteiger partial charge on any atom is 0.407 e. The Morgan fingerprint density at radius 3 is 1.78 bits per heavy atom. The van der Waals surface area contributed by atoms with Crippen molar-refractivity contribution in [2.75, 3.05) is 0 Å². The third-order valence-corrected chi connectivity index (χ3v) is 7.75. The molecular weight excluding hydrogens is 572 g/mol. The first kappa shape index (κ1) is 37.3. The number of amides is 4. The summed E-state index contributed by atoms with van der Waals surface area (Å²) in [4.78, 5) is 52.1. The van der Waals surface area contributed by atoms with Crippen LogP contribution in [0.1, 0.15) is 72.4 Å². The molecule has 0 fully saturated rings. The Kier molecular flexibility index (Phi) is 14.5. The van der Waals surface area contributed by atoms with Gasteiger partial charge in [0, 0.05) is 5.92 Å². The van der Waals surface area contributed by atoms with Gasteiger partial charge in [0.05, 0.1) is 12.1 Å². The lowest BCUT2D eigenvalue weighted by atomic mass is 9.88. The molecule has 10 nitrogen and oxygen atoms in total. The second kappa shape index (κ2) is 17.5. The Labute approximate surface area is 267 Å². The molecule has 0 radical (unpaired) electrons. The zero-order chi connectivity index (χ0) is 33.7. The number of benzene rings is 2. The molecule has 0 aromatic heterocycles. The van der Waals surface area contributed by atoms with Crippen molar-refractivity contribution in [2.24, 2.45) is 23.5 Å². The summed E-state index contributed by atoms with van der Waals surface area (Å²) in [6.45, 7) is 12.6. The fraction of sp³-hybridized carbons (Fsp3) is 0.543. The molecule has 248 valence electrons. The van der Waals surface area contributed by atoms with E-state index in [4.69, 9.17) is 10.5 Å². The van der Waals surface area contributed by atoms with Gasteiger partial charge in [-0.25, -0.2) is 4.79 Å².